The molecule has 1 aliphatic carbocycles. The second kappa shape index (κ2) is 5.08. The van der Waals surface area contributed by atoms with Gasteiger partial charge in [0, 0.05) is 6.04 Å². The van der Waals surface area contributed by atoms with Gasteiger partial charge in [-0.15, -0.1) is 11.3 Å². The van der Waals surface area contributed by atoms with Crippen molar-refractivity contribution < 1.29 is 8.42 Å². The molecule has 0 spiro atoms. The van der Waals surface area contributed by atoms with Gasteiger partial charge < -0.3 is 0 Å². The Morgan fingerprint density at radius 1 is 1.35 bits per heavy atom. The van der Waals surface area contributed by atoms with Crippen molar-refractivity contribution in [1.82, 2.24) is 4.72 Å². The molecule has 0 radical (unpaired) electrons. The normalized spacial score (nSPS) is 30.4. The zero-order valence-electron chi connectivity index (χ0n) is 10.2. The smallest absolute Gasteiger partial charge is 0.207 e. The second-order valence-electron chi connectivity index (χ2n) is 4.93. The summed E-state index contributed by atoms with van der Waals surface area (Å²) in [6, 6.07) is 3.52. The SMILES string of the molecule is C[C@H]1[C@H](C)CCC[C@@H]1NS(=O)(=O)c1cccs1. The van der Waals surface area contributed by atoms with Crippen LogP contribution in [0.15, 0.2) is 21.7 Å². The van der Waals surface area contributed by atoms with Crippen molar-refractivity contribution in [2.75, 3.05) is 0 Å². The fourth-order valence-electron chi connectivity index (χ4n) is 2.42. The predicted molar refractivity (Wildman–Crippen MR) is 70.6 cm³/mol. The summed E-state index contributed by atoms with van der Waals surface area (Å²) < 4.78 is 27.5. The molecule has 0 aliphatic heterocycles. The van der Waals surface area contributed by atoms with Crippen LogP contribution in [0.5, 0.6) is 0 Å². The average molecular weight is 273 g/mol. The monoisotopic (exact) mass is 273 g/mol. The van der Waals surface area contributed by atoms with Gasteiger partial charge in [-0.3, -0.25) is 0 Å². The van der Waals surface area contributed by atoms with E-state index in [4.69, 9.17) is 0 Å². The Morgan fingerprint density at radius 2 is 2.12 bits per heavy atom. The summed E-state index contributed by atoms with van der Waals surface area (Å²) >= 11 is 1.27. The molecule has 0 saturated heterocycles. The molecule has 0 bridgehead atoms. The van der Waals surface area contributed by atoms with Crippen LogP contribution in [-0.4, -0.2) is 14.5 Å². The number of hydrogen-bond donors (Lipinski definition) is 1. The molecule has 0 amide bonds. The lowest BCUT2D eigenvalue weighted by Gasteiger charge is -2.34. The standard InChI is InChI=1S/C12H19NO2S2/c1-9-5-3-6-11(10(9)2)13-17(14,15)12-7-4-8-16-12/h4,7-11,13H,3,5-6H2,1-2H3/t9-,10+,11+/m1/s1. The van der Waals surface area contributed by atoms with E-state index >= 15 is 0 Å². The number of rotatable bonds is 3. The van der Waals surface area contributed by atoms with E-state index in [-0.39, 0.29) is 6.04 Å². The highest BCUT2D eigenvalue weighted by atomic mass is 32.2. The molecule has 0 unspecified atom stereocenters. The molecule has 1 heterocycles. The molecule has 3 atom stereocenters. The number of sulfonamides is 1. The van der Waals surface area contributed by atoms with E-state index in [1.165, 1.54) is 17.8 Å². The lowest BCUT2D eigenvalue weighted by atomic mass is 9.78. The van der Waals surface area contributed by atoms with Crippen molar-refractivity contribution in [1.29, 1.82) is 0 Å². The lowest BCUT2D eigenvalue weighted by molar-refractivity contribution is 0.227. The highest BCUT2D eigenvalue weighted by Gasteiger charge is 2.30. The van der Waals surface area contributed by atoms with E-state index < -0.39 is 10.0 Å². The van der Waals surface area contributed by atoms with Crippen LogP contribution in [0.4, 0.5) is 0 Å². The van der Waals surface area contributed by atoms with Crippen molar-refractivity contribution in [3.63, 3.8) is 0 Å². The minimum atomic E-state index is -3.30. The van der Waals surface area contributed by atoms with Crippen molar-refractivity contribution in [3.8, 4) is 0 Å². The topological polar surface area (TPSA) is 46.2 Å². The Labute approximate surface area is 107 Å². The van der Waals surface area contributed by atoms with Gasteiger partial charge in [0.15, 0.2) is 0 Å². The van der Waals surface area contributed by atoms with Crippen LogP contribution < -0.4 is 4.72 Å². The molecular formula is C12H19NO2S2. The summed E-state index contributed by atoms with van der Waals surface area (Å²) in [5, 5.41) is 1.79. The quantitative estimate of drug-likeness (QED) is 0.920. The first-order valence-electron chi connectivity index (χ1n) is 6.06. The molecule has 1 N–H and O–H groups in total. The molecule has 1 aliphatic rings. The van der Waals surface area contributed by atoms with Gasteiger partial charge >= 0.3 is 0 Å². The Bertz CT molecular complexity index is 453. The molecule has 0 aromatic carbocycles. The highest BCUT2D eigenvalue weighted by Crippen LogP contribution is 2.30. The third-order valence-corrected chi connectivity index (χ3v) is 6.66. The summed E-state index contributed by atoms with van der Waals surface area (Å²) in [5.41, 5.74) is 0. The first-order valence-corrected chi connectivity index (χ1v) is 8.43. The van der Waals surface area contributed by atoms with Crippen LogP contribution in [0, 0.1) is 11.8 Å². The minimum absolute atomic E-state index is 0.0887. The van der Waals surface area contributed by atoms with E-state index in [0.717, 1.165) is 12.8 Å². The van der Waals surface area contributed by atoms with Gasteiger partial charge in [-0.25, -0.2) is 13.1 Å². The molecular weight excluding hydrogens is 254 g/mol. The first-order chi connectivity index (χ1) is 8.00. The van der Waals surface area contributed by atoms with E-state index in [1.807, 2.05) is 0 Å². The third-order valence-electron chi connectivity index (χ3n) is 3.77. The molecule has 96 valence electrons. The van der Waals surface area contributed by atoms with Gasteiger partial charge in [-0.2, -0.15) is 0 Å². The highest BCUT2D eigenvalue weighted by molar-refractivity contribution is 7.91. The maximum atomic E-state index is 12.1. The number of nitrogens with one attached hydrogen (secondary N) is 1. The van der Waals surface area contributed by atoms with Gasteiger partial charge in [0.1, 0.15) is 4.21 Å². The summed E-state index contributed by atoms with van der Waals surface area (Å²) in [6.07, 6.45) is 3.28. The Kier molecular flexibility index (Phi) is 3.90. The molecule has 1 aromatic rings. The maximum absolute atomic E-state index is 12.1. The summed E-state index contributed by atoms with van der Waals surface area (Å²) in [5.74, 6) is 1.01. The maximum Gasteiger partial charge on any atom is 0.250 e. The fraction of sp³-hybridized carbons (Fsp3) is 0.667. The average Bonchev–Trinajstić information content (AvgIpc) is 2.78. The Balaban J connectivity index is 2.11. The number of thiophene rings is 1. The number of hydrogen-bond acceptors (Lipinski definition) is 3. The molecule has 1 aromatic heterocycles. The Morgan fingerprint density at radius 3 is 2.76 bits per heavy atom. The van der Waals surface area contributed by atoms with Gasteiger partial charge in [-0.05, 0) is 29.7 Å². The van der Waals surface area contributed by atoms with Crippen LogP contribution in [0.3, 0.4) is 0 Å². The van der Waals surface area contributed by atoms with E-state index in [1.54, 1.807) is 17.5 Å². The molecule has 5 heteroatoms. The van der Waals surface area contributed by atoms with Gasteiger partial charge in [0.2, 0.25) is 10.0 Å². The van der Waals surface area contributed by atoms with Crippen LogP contribution in [-0.2, 0) is 10.0 Å². The van der Waals surface area contributed by atoms with Crippen molar-refractivity contribution in [3.05, 3.63) is 17.5 Å². The summed E-state index contributed by atoms with van der Waals surface area (Å²) in [6.45, 7) is 4.35. The summed E-state index contributed by atoms with van der Waals surface area (Å²) in [4.78, 5) is 0. The van der Waals surface area contributed by atoms with Gasteiger partial charge in [-0.1, -0.05) is 32.8 Å². The predicted octanol–water partition coefficient (Wildman–Crippen LogP) is 2.85. The molecule has 17 heavy (non-hydrogen) atoms. The first kappa shape index (κ1) is 13.1. The van der Waals surface area contributed by atoms with Crippen LogP contribution in [0.25, 0.3) is 0 Å². The van der Waals surface area contributed by atoms with Crippen molar-refractivity contribution >= 4 is 21.4 Å². The summed E-state index contributed by atoms with van der Waals surface area (Å²) in [7, 11) is -3.30. The zero-order valence-corrected chi connectivity index (χ0v) is 11.9. The van der Waals surface area contributed by atoms with Crippen LogP contribution in [0.2, 0.25) is 0 Å². The van der Waals surface area contributed by atoms with E-state index in [9.17, 15) is 8.42 Å². The van der Waals surface area contributed by atoms with Crippen molar-refractivity contribution in [2.24, 2.45) is 11.8 Å². The largest absolute Gasteiger partial charge is 0.250 e. The molecule has 1 fully saturated rings. The van der Waals surface area contributed by atoms with Crippen LogP contribution in [0.1, 0.15) is 33.1 Å². The molecule has 3 nitrogen and oxygen atoms in total. The Hall–Kier alpha value is -0.390. The van der Waals surface area contributed by atoms with Gasteiger partial charge in [0.05, 0.1) is 0 Å². The second-order valence-corrected chi connectivity index (χ2v) is 7.82. The molecule has 1 saturated carbocycles. The van der Waals surface area contributed by atoms with E-state index in [0.29, 0.717) is 16.0 Å². The van der Waals surface area contributed by atoms with Gasteiger partial charge in [0.25, 0.3) is 0 Å². The van der Waals surface area contributed by atoms with Crippen molar-refractivity contribution in [2.45, 2.75) is 43.4 Å². The van der Waals surface area contributed by atoms with Crippen LogP contribution >= 0.6 is 11.3 Å². The third kappa shape index (κ3) is 2.89. The zero-order chi connectivity index (χ0) is 12.5. The fourth-order valence-corrected chi connectivity index (χ4v) is 4.79. The lowest BCUT2D eigenvalue weighted by Crippen LogP contribution is -2.43. The minimum Gasteiger partial charge on any atom is -0.207 e. The molecule has 2 rings (SSSR count). The van der Waals surface area contributed by atoms with E-state index in [2.05, 4.69) is 18.6 Å².